The van der Waals surface area contributed by atoms with Crippen LogP contribution in [0.25, 0.3) is 0 Å². The first-order valence-corrected chi connectivity index (χ1v) is 6.91. The quantitative estimate of drug-likeness (QED) is 0.454. The molecule has 0 saturated heterocycles. The van der Waals surface area contributed by atoms with Gasteiger partial charge in [-0.25, -0.2) is 4.98 Å². The van der Waals surface area contributed by atoms with Crippen LogP contribution in [0.1, 0.15) is 25.3 Å². The smallest absolute Gasteiger partial charge is 0.349 e. The molecule has 0 atom stereocenters. The maximum Gasteiger partial charge on any atom is 0.349 e. The van der Waals surface area contributed by atoms with Crippen molar-refractivity contribution in [2.24, 2.45) is 0 Å². The second-order valence-corrected chi connectivity index (χ2v) is 4.77. The van der Waals surface area contributed by atoms with Crippen LogP contribution >= 0.6 is 11.6 Å². The zero-order chi connectivity index (χ0) is 15.2. The fraction of sp³-hybridized carbons (Fsp3) is 0.286. The molecule has 0 saturated carbocycles. The molecule has 110 valence electrons. The minimum Gasteiger partial charge on any atom is -0.434 e. The van der Waals surface area contributed by atoms with Gasteiger partial charge >= 0.3 is 11.6 Å². The number of hydrogen-bond acceptors (Lipinski definition) is 5. The average molecular weight is 308 g/mol. The van der Waals surface area contributed by atoms with Crippen LogP contribution in [0.4, 0.5) is 5.69 Å². The van der Waals surface area contributed by atoms with E-state index in [-0.39, 0.29) is 16.9 Å². The van der Waals surface area contributed by atoms with Gasteiger partial charge < -0.3 is 4.74 Å². The number of hydrogen-bond donors (Lipinski definition) is 0. The van der Waals surface area contributed by atoms with Crippen molar-refractivity contribution in [2.75, 3.05) is 0 Å². The van der Waals surface area contributed by atoms with Gasteiger partial charge in [0, 0.05) is 0 Å². The Morgan fingerprint density at radius 1 is 1.33 bits per heavy atom. The van der Waals surface area contributed by atoms with E-state index in [0.29, 0.717) is 5.75 Å². The SMILES string of the molecule is CCCCc1ccc(Oc2nc(Cl)ncc2[N+](=O)[O-])cc1. The zero-order valence-corrected chi connectivity index (χ0v) is 12.2. The molecule has 7 heteroatoms. The van der Waals surface area contributed by atoms with Gasteiger partial charge in [0.1, 0.15) is 11.9 Å². The third-order valence-corrected chi connectivity index (χ3v) is 3.04. The van der Waals surface area contributed by atoms with Crippen LogP contribution < -0.4 is 4.74 Å². The molecule has 21 heavy (non-hydrogen) atoms. The summed E-state index contributed by atoms with van der Waals surface area (Å²) in [6, 6.07) is 7.37. The molecule has 0 aliphatic rings. The largest absolute Gasteiger partial charge is 0.434 e. The van der Waals surface area contributed by atoms with Gasteiger partial charge in [0.05, 0.1) is 4.92 Å². The van der Waals surface area contributed by atoms with Crippen molar-refractivity contribution in [3.8, 4) is 11.6 Å². The van der Waals surface area contributed by atoms with E-state index in [1.807, 2.05) is 12.1 Å². The molecule has 6 nitrogen and oxygen atoms in total. The van der Waals surface area contributed by atoms with Crippen molar-refractivity contribution in [1.82, 2.24) is 9.97 Å². The third kappa shape index (κ3) is 4.13. The van der Waals surface area contributed by atoms with E-state index in [0.717, 1.165) is 25.5 Å². The minimum absolute atomic E-state index is 0.102. The second kappa shape index (κ2) is 6.99. The molecule has 0 unspecified atom stereocenters. The molecule has 0 bridgehead atoms. The summed E-state index contributed by atoms with van der Waals surface area (Å²) in [6.45, 7) is 2.13. The average Bonchev–Trinajstić information content (AvgIpc) is 2.46. The lowest BCUT2D eigenvalue weighted by atomic mass is 10.1. The van der Waals surface area contributed by atoms with Crippen LogP contribution in [-0.4, -0.2) is 14.9 Å². The summed E-state index contributed by atoms with van der Waals surface area (Å²) in [7, 11) is 0. The monoisotopic (exact) mass is 307 g/mol. The Kier molecular flexibility index (Phi) is 5.05. The van der Waals surface area contributed by atoms with Gasteiger partial charge in [0.2, 0.25) is 5.28 Å². The zero-order valence-electron chi connectivity index (χ0n) is 11.5. The van der Waals surface area contributed by atoms with E-state index in [2.05, 4.69) is 16.9 Å². The number of ether oxygens (including phenoxy) is 1. The van der Waals surface area contributed by atoms with Crippen molar-refractivity contribution < 1.29 is 9.66 Å². The molecule has 0 aliphatic carbocycles. The summed E-state index contributed by atoms with van der Waals surface area (Å²) >= 11 is 5.65. The van der Waals surface area contributed by atoms with Crippen LogP contribution in [0.2, 0.25) is 5.28 Å². The molecule has 0 radical (unpaired) electrons. The number of aromatic nitrogens is 2. The number of benzene rings is 1. The highest BCUT2D eigenvalue weighted by Gasteiger charge is 2.19. The Morgan fingerprint density at radius 3 is 2.67 bits per heavy atom. The molecule has 0 spiro atoms. The highest BCUT2D eigenvalue weighted by Crippen LogP contribution is 2.29. The van der Waals surface area contributed by atoms with Gasteiger partial charge in [-0.15, -0.1) is 0 Å². The van der Waals surface area contributed by atoms with Crippen molar-refractivity contribution in [2.45, 2.75) is 26.2 Å². The van der Waals surface area contributed by atoms with E-state index in [9.17, 15) is 10.1 Å². The Balaban J connectivity index is 2.18. The Morgan fingerprint density at radius 2 is 2.05 bits per heavy atom. The Bertz CT molecular complexity index is 632. The van der Waals surface area contributed by atoms with E-state index < -0.39 is 4.92 Å². The third-order valence-electron chi connectivity index (χ3n) is 2.86. The fourth-order valence-corrected chi connectivity index (χ4v) is 1.88. The van der Waals surface area contributed by atoms with Crippen molar-refractivity contribution in [1.29, 1.82) is 0 Å². The number of nitro groups is 1. The normalized spacial score (nSPS) is 10.4. The summed E-state index contributed by atoms with van der Waals surface area (Å²) in [5.74, 6) is 0.300. The summed E-state index contributed by atoms with van der Waals surface area (Å²) in [4.78, 5) is 17.6. The van der Waals surface area contributed by atoms with Gasteiger partial charge in [-0.1, -0.05) is 25.5 Å². The molecule has 2 aromatic rings. The highest BCUT2D eigenvalue weighted by molar-refractivity contribution is 6.28. The highest BCUT2D eigenvalue weighted by atomic mass is 35.5. The predicted molar refractivity (Wildman–Crippen MR) is 78.8 cm³/mol. The summed E-state index contributed by atoms with van der Waals surface area (Å²) in [5, 5.41) is 10.8. The van der Waals surface area contributed by atoms with Crippen LogP contribution in [-0.2, 0) is 6.42 Å². The maximum absolute atomic E-state index is 10.9. The van der Waals surface area contributed by atoms with Crippen LogP contribution in [0.5, 0.6) is 11.6 Å². The molecule has 0 fully saturated rings. The lowest BCUT2D eigenvalue weighted by Gasteiger charge is -2.06. The molecule has 0 aliphatic heterocycles. The number of unbranched alkanes of at least 4 members (excludes halogenated alkanes) is 1. The summed E-state index contributed by atoms with van der Waals surface area (Å²) in [5.41, 5.74) is 0.869. The van der Waals surface area contributed by atoms with Crippen molar-refractivity contribution in [3.05, 3.63) is 51.4 Å². The fourth-order valence-electron chi connectivity index (χ4n) is 1.76. The summed E-state index contributed by atoms with van der Waals surface area (Å²) in [6.07, 6.45) is 4.27. The topological polar surface area (TPSA) is 78.2 Å². The lowest BCUT2D eigenvalue weighted by molar-refractivity contribution is -0.386. The van der Waals surface area contributed by atoms with Gasteiger partial charge in [0.25, 0.3) is 0 Å². The Labute approximate surface area is 126 Å². The maximum atomic E-state index is 10.9. The van der Waals surface area contributed by atoms with Gasteiger partial charge in [0.15, 0.2) is 0 Å². The van der Waals surface area contributed by atoms with Crippen LogP contribution in [0.3, 0.4) is 0 Å². The van der Waals surface area contributed by atoms with Gasteiger partial charge in [-0.3, -0.25) is 10.1 Å². The van der Waals surface area contributed by atoms with E-state index in [1.54, 1.807) is 12.1 Å². The van der Waals surface area contributed by atoms with E-state index in [1.165, 1.54) is 5.56 Å². The predicted octanol–water partition coefficient (Wildman–Crippen LogP) is 4.17. The van der Waals surface area contributed by atoms with Crippen molar-refractivity contribution >= 4 is 17.3 Å². The molecular formula is C14H14ClN3O3. The number of nitrogens with zero attached hydrogens (tertiary/aromatic N) is 3. The molecule has 0 amide bonds. The van der Waals surface area contributed by atoms with Gasteiger partial charge in [-0.2, -0.15) is 4.98 Å². The standard InChI is InChI=1S/C14H14ClN3O3/c1-2-3-4-10-5-7-11(8-6-10)21-13-12(18(19)20)9-16-14(15)17-13/h5-9H,2-4H2,1H3. The van der Waals surface area contributed by atoms with E-state index >= 15 is 0 Å². The first-order chi connectivity index (χ1) is 10.1. The summed E-state index contributed by atoms with van der Waals surface area (Å²) < 4.78 is 5.43. The minimum atomic E-state index is -0.610. The molecule has 2 rings (SSSR count). The molecule has 1 aromatic heterocycles. The second-order valence-electron chi connectivity index (χ2n) is 4.44. The first kappa shape index (κ1) is 15.2. The number of rotatable bonds is 6. The molecule has 1 aromatic carbocycles. The van der Waals surface area contributed by atoms with Crippen molar-refractivity contribution in [3.63, 3.8) is 0 Å². The lowest BCUT2D eigenvalue weighted by Crippen LogP contribution is -1.98. The molecule has 0 N–H and O–H groups in total. The number of aryl methyl sites for hydroxylation is 1. The first-order valence-electron chi connectivity index (χ1n) is 6.54. The van der Waals surface area contributed by atoms with Gasteiger partial charge in [-0.05, 0) is 42.1 Å². The molecule has 1 heterocycles. The number of halogens is 1. The molecular weight excluding hydrogens is 294 g/mol. The van der Waals surface area contributed by atoms with Crippen LogP contribution in [0.15, 0.2) is 30.5 Å². The van der Waals surface area contributed by atoms with E-state index in [4.69, 9.17) is 16.3 Å². The van der Waals surface area contributed by atoms with Crippen LogP contribution in [0, 0.1) is 10.1 Å². The Hall–Kier alpha value is -2.21.